The first-order chi connectivity index (χ1) is 12.3. The number of hydrogen-bond donors (Lipinski definition) is 0. The summed E-state index contributed by atoms with van der Waals surface area (Å²) in [6, 6.07) is 9.12. The number of benzene rings is 1. The highest BCUT2D eigenvalue weighted by atomic mass is 32.2. The molecule has 9 heteroatoms. The number of furan rings is 1. The minimum atomic E-state index is -3.39. The molecule has 0 spiro atoms. The van der Waals surface area contributed by atoms with Gasteiger partial charge >= 0.3 is 0 Å². The third kappa shape index (κ3) is 3.12. The number of fused-ring (bicyclic) bond motifs is 3. The van der Waals surface area contributed by atoms with Gasteiger partial charge in [0.15, 0.2) is 5.17 Å². The fourth-order valence-electron chi connectivity index (χ4n) is 2.96. The van der Waals surface area contributed by atoms with Crippen molar-refractivity contribution in [2.24, 2.45) is 4.40 Å². The van der Waals surface area contributed by atoms with E-state index < -0.39 is 10.0 Å². The Bertz CT molecular complexity index is 1030. The maximum absolute atomic E-state index is 12.7. The first kappa shape index (κ1) is 17.2. The number of carbonyl (C=O) groups excluding carboxylic acids is 1. The Morgan fingerprint density at radius 1 is 1.35 bits per heavy atom. The lowest BCUT2D eigenvalue weighted by atomic mass is 10.1. The average Bonchev–Trinajstić information content (AvgIpc) is 3.14. The highest BCUT2D eigenvalue weighted by molar-refractivity contribution is 8.15. The van der Waals surface area contributed by atoms with E-state index in [-0.39, 0.29) is 11.7 Å². The summed E-state index contributed by atoms with van der Waals surface area (Å²) in [5.41, 5.74) is 1.44. The van der Waals surface area contributed by atoms with Gasteiger partial charge in [0.05, 0.1) is 18.0 Å². The molecule has 2 aliphatic rings. The molecule has 0 fully saturated rings. The quantitative estimate of drug-likeness (QED) is 0.799. The van der Waals surface area contributed by atoms with Gasteiger partial charge in [-0.25, -0.2) is 8.42 Å². The molecule has 0 N–H and O–H groups in total. The minimum absolute atomic E-state index is 0.00246. The second-order valence-electron chi connectivity index (χ2n) is 6.27. The van der Waals surface area contributed by atoms with E-state index in [9.17, 15) is 13.2 Å². The van der Waals surface area contributed by atoms with E-state index >= 15 is 0 Å². The van der Waals surface area contributed by atoms with Crippen molar-refractivity contribution in [3.8, 4) is 0 Å². The fourth-order valence-corrected chi connectivity index (χ4v) is 5.26. The van der Waals surface area contributed by atoms with E-state index in [2.05, 4.69) is 4.40 Å². The number of aryl methyl sites for hydroxylation is 1. The Hall–Kier alpha value is -2.26. The topological polar surface area (TPSA) is 83.2 Å². The van der Waals surface area contributed by atoms with Crippen LogP contribution in [0.25, 0.3) is 0 Å². The van der Waals surface area contributed by atoms with Crippen LogP contribution in [0.5, 0.6) is 0 Å². The number of hydrogen-bond acceptors (Lipinski definition) is 6. The van der Waals surface area contributed by atoms with Crippen molar-refractivity contribution in [1.82, 2.24) is 4.90 Å². The van der Waals surface area contributed by atoms with Gasteiger partial charge in [0.25, 0.3) is 15.9 Å². The summed E-state index contributed by atoms with van der Waals surface area (Å²) >= 11 is 1.28. The summed E-state index contributed by atoms with van der Waals surface area (Å²) in [5, 5.41) is 0.454. The average molecular weight is 391 g/mol. The molecule has 1 aromatic carbocycles. The molecule has 1 amide bonds. The number of rotatable bonds is 3. The number of carbonyl (C=O) groups is 1. The Morgan fingerprint density at radius 3 is 2.88 bits per heavy atom. The van der Waals surface area contributed by atoms with E-state index in [1.807, 2.05) is 30.0 Å². The van der Waals surface area contributed by atoms with Crippen molar-refractivity contribution in [1.29, 1.82) is 0 Å². The van der Waals surface area contributed by atoms with E-state index in [4.69, 9.17) is 4.42 Å². The second kappa shape index (κ2) is 6.17. The molecule has 0 unspecified atom stereocenters. The van der Waals surface area contributed by atoms with Crippen LogP contribution in [0.1, 0.15) is 21.9 Å². The first-order valence-electron chi connectivity index (χ1n) is 8.05. The summed E-state index contributed by atoms with van der Waals surface area (Å²) in [4.78, 5) is 17.0. The van der Waals surface area contributed by atoms with E-state index in [1.54, 1.807) is 24.1 Å². The van der Waals surface area contributed by atoms with Crippen LogP contribution in [0, 0.1) is 6.92 Å². The predicted octanol–water partition coefficient (Wildman–Crippen LogP) is 2.47. The molecule has 2 aliphatic heterocycles. The lowest BCUT2D eigenvalue weighted by Crippen LogP contribution is -2.35. The molecule has 4 rings (SSSR count). The summed E-state index contributed by atoms with van der Waals surface area (Å²) in [7, 11) is -1.66. The number of thioether (sulfide) groups is 1. The number of sulfonamides is 1. The van der Waals surface area contributed by atoms with Gasteiger partial charge in [0.2, 0.25) is 0 Å². The molecule has 0 atom stereocenters. The standard InChI is InChI=1S/C17H17N3O4S2/c1-11-3-5-13(24-11)10-19(2)16(21)12-4-6-14-15(9-12)25-17-18-26(22,23)8-7-20(14)17/h3-6,9H,7-8,10H2,1-2H3. The zero-order chi connectivity index (χ0) is 18.5. The number of amidine groups is 1. The SMILES string of the molecule is Cc1ccc(CN(C)C(=O)c2ccc3c(c2)SC2=NS(=O)(=O)CCN23)o1. The van der Waals surface area contributed by atoms with Crippen LogP contribution in [0.4, 0.5) is 5.69 Å². The molecule has 0 saturated carbocycles. The van der Waals surface area contributed by atoms with Gasteiger partial charge in [0.1, 0.15) is 11.5 Å². The van der Waals surface area contributed by atoms with Gasteiger partial charge in [-0.2, -0.15) is 0 Å². The van der Waals surface area contributed by atoms with Crippen LogP contribution in [0.3, 0.4) is 0 Å². The molecule has 0 bridgehead atoms. The van der Waals surface area contributed by atoms with Crippen LogP contribution in [-0.2, 0) is 16.6 Å². The Balaban J connectivity index is 1.56. The van der Waals surface area contributed by atoms with Crippen molar-refractivity contribution in [2.45, 2.75) is 18.4 Å². The van der Waals surface area contributed by atoms with Gasteiger partial charge in [-0.05, 0) is 49.0 Å². The second-order valence-corrected chi connectivity index (χ2v) is 9.03. The van der Waals surface area contributed by atoms with Crippen LogP contribution < -0.4 is 4.90 Å². The van der Waals surface area contributed by atoms with Crippen molar-refractivity contribution in [3.05, 3.63) is 47.4 Å². The third-order valence-corrected chi connectivity index (χ3v) is 6.56. The molecule has 0 radical (unpaired) electrons. The smallest absolute Gasteiger partial charge is 0.257 e. The summed E-state index contributed by atoms with van der Waals surface area (Å²) in [6.45, 7) is 2.63. The third-order valence-electron chi connectivity index (χ3n) is 4.26. The molecular formula is C17H17N3O4S2. The number of amides is 1. The van der Waals surface area contributed by atoms with Gasteiger partial charge < -0.3 is 14.2 Å². The first-order valence-corrected chi connectivity index (χ1v) is 10.5. The molecule has 0 saturated heterocycles. The summed E-state index contributed by atoms with van der Waals surface area (Å²) in [5.74, 6) is 1.41. The molecule has 1 aromatic heterocycles. The monoisotopic (exact) mass is 391 g/mol. The maximum atomic E-state index is 12.7. The van der Waals surface area contributed by atoms with Gasteiger partial charge in [-0.1, -0.05) is 0 Å². The lowest BCUT2D eigenvalue weighted by molar-refractivity contribution is 0.0774. The lowest BCUT2D eigenvalue weighted by Gasteiger charge is -2.22. The zero-order valence-electron chi connectivity index (χ0n) is 14.3. The van der Waals surface area contributed by atoms with E-state index in [0.717, 1.165) is 22.1 Å². The molecule has 0 aliphatic carbocycles. The van der Waals surface area contributed by atoms with Crippen LogP contribution in [0.15, 0.2) is 44.0 Å². The maximum Gasteiger partial charge on any atom is 0.257 e. The minimum Gasteiger partial charge on any atom is -0.464 e. The van der Waals surface area contributed by atoms with Gasteiger partial charge in [-0.15, -0.1) is 4.40 Å². The zero-order valence-corrected chi connectivity index (χ0v) is 15.9. The fraction of sp³-hybridized carbons (Fsp3) is 0.294. The van der Waals surface area contributed by atoms with Crippen molar-refractivity contribution < 1.29 is 17.6 Å². The van der Waals surface area contributed by atoms with E-state index in [0.29, 0.717) is 23.8 Å². The molecule has 26 heavy (non-hydrogen) atoms. The summed E-state index contributed by atoms with van der Waals surface area (Å²) in [6.07, 6.45) is 0. The Morgan fingerprint density at radius 2 is 2.15 bits per heavy atom. The molecule has 136 valence electrons. The van der Waals surface area contributed by atoms with E-state index in [1.165, 1.54) is 11.8 Å². The highest BCUT2D eigenvalue weighted by Gasteiger charge is 2.33. The molecule has 3 heterocycles. The van der Waals surface area contributed by atoms with Crippen molar-refractivity contribution in [3.63, 3.8) is 0 Å². The van der Waals surface area contributed by atoms with Crippen molar-refractivity contribution >= 4 is 38.5 Å². The molecule has 2 aromatic rings. The summed E-state index contributed by atoms with van der Waals surface area (Å²) < 4.78 is 32.7. The number of anilines is 1. The van der Waals surface area contributed by atoms with Crippen LogP contribution in [-0.4, -0.2) is 43.7 Å². The van der Waals surface area contributed by atoms with Crippen LogP contribution >= 0.6 is 11.8 Å². The largest absolute Gasteiger partial charge is 0.464 e. The number of nitrogens with zero attached hydrogens (tertiary/aromatic N) is 3. The highest BCUT2D eigenvalue weighted by Crippen LogP contribution is 2.42. The Labute approximate surface area is 155 Å². The van der Waals surface area contributed by atoms with Gasteiger partial charge in [0, 0.05) is 24.1 Å². The van der Waals surface area contributed by atoms with Gasteiger partial charge in [-0.3, -0.25) is 4.79 Å². The predicted molar refractivity (Wildman–Crippen MR) is 100 cm³/mol. The molecular weight excluding hydrogens is 374 g/mol. The van der Waals surface area contributed by atoms with Crippen LogP contribution in [0.2, 0.25) is 0 Å². The normalized spacial score (nSPS) is 17.5. The Kier molecular flexibility index (Phi) is 4.07. The molecule has 7 nitrogen and oxygen atoms in total. The van der Waals surface area contributed by atoms with Crippen molar-refractivity contribution in [2.75, 3.05) is 24.2 Å².